The van der Waals surface area contributed by atoms with E-state index in [0.717, 1.165) is 5.69 Å². The van der Waals surface area contributed by atoms with Gasteiger partial charge in [-0.25, -0.2) is 0 Å². The first-order valence-corrected chi connectivity index (χ1v) is 10.6. The summed E-state index contributed by atoms with van der Waals surface area (Å²) in [5, 5.41) is 24.9. The molecule has 30 heavy (non-hydrogen) atoms. The summed E-state index contributed by atoms with van der Waals surface area (Å²) in [6.45, 7) is 1.72. The number of hydrogen-bond acceptors (Lipinski definition) is 9. The molecule has 0 aliphatic heterocycles. The number of aromatic nitrogens is 2. The third-order valence-corrected chi connectivity index (χ3v) is 6.16. The second kappa shape index (κ2) is 9.74. The summed E-state index contributed by atoms with van der Waals surface area (Å²) in [6, 6.07) is 11.3. The molecule has 0 fully saturated rings. The molecule has 0 bridgehead atoms. The highest BCUT2D eigenvalue weighted by atomic mass is 35.5. The lowest BCUT2D eigenvalue weighted by molar-refractivity contribution is -0.384. The van der Waals surface area contributed by atoms with Crippen LogP contribution in [0, 0.1) is 10.1 Å². The number of para-hydroxylation sites is 2. The van der Waals surface area contributed by atoms with E-state index in [1.165, 1.54) is 41.3 Å². The summed E-state index contributed by atoms with van der Waals surface area (Å²) in [5.41, 5.74) is 0.908. The van der Waals surface area contributed by atoms with Crippen molar-refractivity contribution >= 4 is 62.8 Å². The number of nitro groups is 1. The Morgan fingerprint density at radius 3 is 2.73 bits per heavy atom. The summed E-state index contributed by atoms with van der Waals surface area (Å²) in [4.78, 5) is 22.7. The van der Waals surface area contributed by atoms with Crippen LogP contribution in [0.1, 0.15) is 6.92 Å². The van der Waals surface area contributed by atoms with E-state index in [-0.39, 0.29) is 16.6 Å². The van der Waals surface area contributed by atoms with Gasteiger partial charge in [-0.3, -0.25) is 14.9 Å². The number of halogens is 1. The lowest BCUT2D eigenvalue weighted by atomic mass is 10.2. The minimum Gasteiger partial charge on any atom is -0.495 e. The summed E-state index contributed by atoms with van der Waals surface area (Å²) >= 11 is 8.56. The second-order valence-corrected chi connectivity index (χ2v) is 8.84. The fourth-order valence-electron chi connectivity index (χ4n) is 2.33. The topological polar surface area (TPSA) is 119 Å². The molecule has 1 aromatic heterocycles. The number of anilines is 3. The Bertz CT molecular complexity index is 1080. The van der Waals surface area contributed by atoms with Gasteiger partial charge in [0.2, 0.25) is 11.0 Å². The fraction of sp³-hybridized carbons (Fsp3) is 0.167. The van der Waals surface area contributed by atoms with Crippen LogP contribution in [0.25, 0.3) is 0 Å². The van der Waals surface area contributed by atoms with E-state index in [2.05, 4.69) is 20.8 Å². The molecular weight excluding hydrogens is 450 g/mol. The molecule has 3 rings (SSSR count). The molecule has 0 aliphatic rings. The first kappa shape index (κ1) is 21.8. The van der Waals surface area contributed by atoms with Crippen LogP contribution in [0.4, 0.5) is 22.2 Å². The van der Waals surface area contributed by atoms with E-state index in [1.807, 2.05) is 24.3 Å². The van der Waals surface area contributed by atoms with Crippen LogP contribution < -0.4 is 15.4 Å². The number of rotatable bonds is 8. The molecule has 1 heterocycles. The largest absolute Gasteiger partial charge is 0.495 e. The Balaban J connectivity index is 1.61. The molecule has 0 saturated carbocycles. The molecule has 9 nitrogen and oxygen atoms in total. The number of methoxy groups -OCH3 is 1. The van der Waals surface area contributed by atoms with Gasteiger partial charge in [0, 0.05) is 12.1 Å². The average Bonchev–Trinajstić information content (AvgIpc) is 3.16. The first-order valence-electron chi connectivity index (χ1n) is 8.52. The Morgan fingerprint density at radius 1 is 1.27 bits per heavy atom. The third-order valence-electron chi connectivity index (χ3n) is 3.82. The molecule has 0 spiro atoms. The van der Waals surface area contributed by atoms with Crippen molar-refractivity contribution in [3.8, 4) is 5.75 Å². The summed E-state index contributed by atoms with van der Waals surface area (Å²) < 4.78 is 5.90. The quantitative estimate of drug-likeness (QED) is 0.272. The summed E-state index contributed by atoms with van der Waals surface area (Å²) in [5.74, 6) is 0.361. The molecule has 3 aromatic rings. The van der Waals surface area contributed by atoms with Crippen molar-refractivity contribution in [3.05, 3.63) is 57.6 Å². The van der Waals surface area contributed by atoms with Crippen LogP contribution >= 0.6 is 34.7 Å². The van der Waals surface area contributed by atoms with Crippen LogP contribution in [0.15, 0.2) is 46.8 Å². The van der Waals surface area contributed by atoms with E-state index < -0.39 is 10.2 Å². The number of hydrogen-bond donors (Lipinski definition) is 2. The van der Waals surface area contributed by atoms with Crippen LogP contribution in [-0.4, -0.2) is 33.4 Å². The molecule has 2 N–H and O–H groups in total. The maximum atomic E-state index is 12.5. The number of thioether (sulfide) groups is 1. The van der Waals surface area contributed by atoms with Gasteiger partial charge in [-0.15, -0.1) is 10.2 Å². The zero-order valence-corrected chi connectivity index (χ0v) is 18.2. The number of ether oxygens (including phenoxy) is 1. The van der Waals surface area contributed by atoms with Gasteiger partial charge in [0.05, 0.1) is 33.7 Å². The Morgan fingerprint density at radius 2 is 2.03 bits per heavy atom. The van der Waals surface area contributed by atoms with E-state index in [4.69, 9.17) is 16.3 Å². The van der Waals surface area contributed by atoms with Crippen molar-refractivity contribution < 1.29 is 14.5 Å². The van der Waals surface area contributed by atoms with Gasteiger partial charge >= 0.3 is 0 Å². The number of amides is 1. The van der Waals surface area contributed by atoms with Gasteiger partial charge in [-0.05, 0) is 25.1 Å². The van der Waals surface area contributed by atoms with Crippen molar-refractivity contribution in [2.24, 2.45) is 0 Å². The van der Waals surface area contributed by atoms with Gasteiger partial charge in [-0.2, -0.15) is 0 Å². The number of benzene rings is 2. The van der Waals surface area contributed by atoms with Gasteiger partial charge in [0.15, 0.2) is 4.34 Å². The molecule has 0 aliphatic carbocycles. The number of nitrogens with zero attached hydrogens (tertiary/aromatic N) is 3. The number of carbonyl (C=O) groups excluding carboxylic acids is 1. The Hall–Kier alpha value is -2.89. The standard InChI is InChI=1S/C18H16ClN5O4S2/c1-10(16(25)20-13-8-7-11(24(26)27)9-12(13)19)29-18-23-22-17(30-18)21-14-5-3-4-6-15(14)28-2/h3-10H,1-2H3,(H,20,25)(H,21,22). The average molecular weight is 466 g/mol. The number of nitrogens with one attached hydrogen (secondary N) is 2. The third kappa shape index (κ3) is 5.38. The van der Waals surface area contributed by atoms with Crippen LogP contribution in [0.3, 0.4) is 0 Å². The zero-order valence-electron chi connectivity index (χ0n) is 15.8. The van der Waals surface area contributed by atoms with Gasteiger partial charge in [0.25, 0.3) is 5.69 Å². The van der Waals surface area contributed by atoms with E-state index >= 15 is 0 Å². The van der Waals surface area contributed by atoms with E-state index in [1.54, 1.807) is 14.0 Å². The molecule has 0 radical (unpaired) electrons. The molecule has 156 valence electrons. The van der Waals surface area contributed by atoms with Crippen LogP contribution in [-0.2, 0) is 4.79 Å². The lowest BCUT2D eigenvalue weighted by Gasteiger charge is -2.11. The molecule has 2 aromatic carbocycles. The van der Waals surface area contributed by atoms with Crippen LogP contribution in [0.2, 0.25) is 5.02 Å². The predicted molar refractivity (Wildman–Crippen MR) is 118 cm³/mol. The highest BCUT2D eigenvalue weighted by Crippen LogP contribution is 2.34. The SMILES string of the molecule is COc1ccccc1Nc1nnc(SC(C)C(=O)Nc2ccc([N+](=O)[O-])cc2Cl)s1. The van der Waals surface area contributed by atoms with Crippen molar-refractivity contribution in [1.29, 1.82) is 0 Å². The van der Waals surface area contributed by atoms with Crippen LogP contribution in [0.5, 0.6) is 5.75 Å². The molecular formula is C18H16ClN5O4S2. The van der Waals surface area contributed by atoms with Gasteiger partial charge in [0.1, 0.15) is 5.75 Å². The molecule has 1 atom stereocenters. The van der Waals surface area contributed by atoms with E-state index in [0.29, 0.717) is 20.9 Å². The van der Waals surface area contributed by atoms with Gasteiger partial charge < -0.3 is 15.4 Å². The maximum absolute atomic E-state index is 12.5. The summed E-state index contributed by atoms with van der Waals surface area (Å²) in [7, 11) is 1.58. The van der Waals surface area contributed by atoms with Crippen molar-refractivity contribution in [2.75, 3.05) is 17.7 Å². The maximum Gasteiger partial charge on any atom is 0.271 e. The van der Waals surface area contributed by atoms with Crippen molar-refractivity contribution in [2.45, 2.75) is 16.5 Å². The summed E-state index contributed by atoms with van der Waals surface area (Å²) in [6.07, 6.45) is 0. The molecule has 1 unspecified atom stereocenters. The number of carbonyl (C=O) groups is 1. The van der Waals surface area contributed by atoms with Crippen molar-refractivity contribution in [3.63, 3.8) is 0 Å². The highest BCUT2D eigenvalue weighted by molar-refractivity contribution is 8.02. The normalized spacial score (nSPS) is 11.6. The van der Waals surface area contributed by atoms with E-state index in [9.17, 15) is 14.9 Å². The number of non-ortho nitro benzene ring substituents is 1. The minimum atomic E-state index is -0.554. The number of nitro benzene ring substituents is 1. The Kier molecular flexibility index (Phi) is 7.08. The van der Waals surface area contributed by atoms with Gasteiger partial charge in [-0.1, -0.05) is 46.8 Å². The molecule has 12 heteroatoms. The zero-order chi connectivity index (χ0) is 21.7. The lowest BCUT2D eigenvalue weighted by Crippen LogP contribution is -2.22. The monoisotopic (exact) mass is 465 g/mol. The molecule has 1 amide bonds. The minimum absolute atomic E-state index is 0.0916. The molecule has 0 saturated heterocycles. The highest BCUT2D eigenvalue weighted by Gasteiger charge is 2.19. The fourth-order valence-corrected chi connectivity index (χ4v) is 4.46. The first-order chi connectivity index (χ1) is 14.4. The smallest absolute Gasteiger partial charge is 0.271 e. The van der Waals surface area contributed by atoms with Crippen molar-refractivity contribution in [1.82, 2.24) is 10.2 Å². The second-order valence-electron chi connectivity index (χ2n) is 5.87. The Labute approximate surface area is 185 Å². The predicted octanol–water partition coefficient (Wildman–Crippen LogP) is 4.97.